The number of tetrazole rings is 1. The summed E-state index contributed by atoms with van der Waals surface area (Å²) in [6.07, 6.45) is 4.25. The normalized spacial score (nSPS) is 11.4. The fraction of sp³-hybridized carbons (Fsp3) is 0.250. The van der Waals surface area contributed by atoms with E-state index in [1.165, 1.54) is 7.05 Å². The Labute approximate surface area is 194 Å². The van der Waals surface area contributed by atoms with E-state index in [-0.39, 0.29) is 5.56 Å². The second-order valence-corrected chi connectivity index (χ2v) is 8.18. The van der Waals surface area contributed by atoms with Gasteiger partial charge in [-0.15, -0.1) is 5.10 Å². The number of nitrogens with zero attached hydrogens (tertiary/aromatic N) is 7. The van der Waals surface area contributed by atoms with Gasteiger partial charge in [0.25, 0.3) is 5.56 Å². The number of aromatic nitrogens is 8. The monoisotopic (exact) mass is 456 g/mol. The van der Waals surface area contributed by atoms with Gasteiger partial charge in [0, 0.05) is 25.6 Å². The summed E-state index contributed by atoms with van der Waals surface area (Å²) in [7, 11) is 1.47. The highest BCUT2D eigenvalue weighted by Gasteiger charge is 2.17. The number of fused-ring (bicyclic) bond motifs is 1. The van der Waals surface area contributed by atoms with E-state index in [9.17, 15) is 9.59 Å². The first-order valence-electron chi connectivity index (χ1n) is 11.2. The fourth-order valence-electron chi connectivity index (χ4n) is 4.10. The lowest BCUT2D eigenvalue weighted by molar-refractivity contribution is 0.686. The molecule has 0 fully saturated rings. The van der Waals surface area contributed by atoms with Gasteiger partial charge in [-0.1, -0.05) is 55.8 Å². The van der Waals surface area contributed by atoms with Crippen LogP contribution in [0.4, 0.5) is 0 Å². The Kier molecular flexibility index (Phi) is 5.62. The zero-order valence-corrected chi connectivity index (χ0v) is 19.0. The Morgan fingerprint density at radius 1 is 1.03 bits per heavy atom. The molecule has 10 heteroatoms. The highest BCUT2D eigenvalue weighted by atomic mass is 16.2. The number of aromatic amines is 1. The minimum atomic E-state index is -0.463. The van der Waals surface area contributed by atoms with Crippen molar-refractivity contribution in [3.05, 3.63) is 87.1 Å². The SMILES string of the molecule is CCCCc1nc2[nH]c(=O)n(C)c(=O)c2n1Cc1ccc(-c2ccccc2-n2cnnn2)cc1. The molecule has 34 heavy (non-hydrogen) atoms. The van der Waals surface area contributed by atoms with Crippen LogP contribution < -0.4 is 11.2 Å². The molecule has 0 radical (unpaired) electrons. The van der Waals surface area contributed by atoms with Gasteiger partial charge in [0.1, 0.15) is 12.2 Å². The average Bonchev–Trinajstić information content (AvgIpc) is 3.50. The van der Waals surface area contributed by atoms with E-state index < -0.39 is 5.69 Å². The maximum atomic E-state index is 12.9. The Balaban J connectivity index is 1.53. The van der Waals surface area contributed by atoms with Crippen LogP contribution in [0, 0.1) is 0 Å². The van der Waals surface area contributed by atoms with Crippen LogP contribution in [0.2, 0.25) is 0 Å². The first kappa shape index (κ1) is 21.5. The largest absolute Gasteiger partial charge is 0.329 e. The van der Waals surface area contributed by atoms with Gasteiger partial charge in [-0.05, 0) is 34.0 Å². The molecule has 0 aliphatic carbocycles. The van der Waals surface area contributed by atoms with Crippen molar-refractivity contribution in [2.45, 2.75) is 32.7 Å². The minimum absolute atomic E-state index is 0.339. The minimum Gasteiger partial charge on any atom is -0.318 e. The summed E-state index contributed by atoms with van der Waals surface area (Å²) in [4.78, 5) is 32.3. The highest BCUT2D eigenvalue weighted by molar-refractivity contribution is 5.73. The topological polar surface area (TPSA) is 116 Å². The average molecular weight is 457 g/mol. The third-order valence-electron chi connectivity index (χ3n) is 5.94. The first-order chi connectivity index (χ1) is 16.6. The Morgan fingerprint density at radius 2 is 1.82 bits per heavy atom. The quantitative estimate of drug-likeness (QED) is 0.402. The molecule has 0 aliphatic rings. The molecule has 0 amide bonds. The van der Waals surface area contributed by atoms with Crippen molar-refractivity contribution >= 4 is 11.2 Å². The van der Waals surface area contributed by atoms with Crippen LogP contribution in [0.25, 0.3) is 28.0 Å². The van der Waals surface area contributed by atoms with Gasteiger partial charge in [0.05, 0.1) is 5.69 Å². The summed E-state index contributed by atoms with van der Waals surface area (Å²) in [5, 5.41) is 11.5. The maximum absolute atomic E-state index is 12.9. The molecule has 10 nitrogen and oxygen atoms in total. The van der Waals surface area contributed by atoms with Gasteiger partial charge in [-0.2, -0.15) is 4.68 Å². The van der Waals surface area contributed by atoms with Crippen molar-refractivity contribution in [2.75, 3.05) is 0 Å². The molecule has 0 spiro atoms. The van der Waals surface area contributed by atoms with E-state index in [1.54, 1.807) is 11.0 Å². The van der Waals surface area contributed by atoms with Gasteiger partial charge in [0.15, 0.2) is 11.2 Å². The van der Waals surface area contributed by atoms with Crippen molar-refractivity contribution in [1.82, 2.24) is 39.3 Å². The van der Waals surface area contributed by atoms with Crippen LogP contribution in [0.15, 0.2) is 64.4 Å². The number of benzene rings is 2. The number of para-hydroxylation sites is 1. The van der Waals surface area contributed by atoms with Crippen molar-refractivity contribution < 1.29 is 0 Å². The summed E-state index contributed by atoms with van der Waals surface area (Å²) < 4.78 is 4.65. The maximum Gasteiger partial charge on any atom is 0.329 e. The van der Waals surface area contributed by atoms with Gasteiger partial charge >= 0.3 is 5.69 Å². The molecule has 0 saturated carbocycles. The van der Waals surface area contributed by atoms with Crippen LogP contribution in [0.3, 0.4) is 0 Å². The van der Waals surface area contributed by atoms with Gasteiger partial charge < -0.3 is 4.57 Å². The standard InChI is InChI=1S/C24H24N8O2/c1-3-4-9-20-26-22-21(23(33)30(2)24(34)27-22)31(20)14-16-10-12-17(13-11-16)18-7-5-6-8-19(18)32-15-25-28-29-32/h5-8,10-13,15H,3-4,9,14H2,1-2H3,(H,27,34). The van der Waals surface area contributed by atoms with E-state index in [0.717, 1.165) is 52.0 Å². The van der Waals surface area contributed by atoms with Crippen LogP contribution >= 0.6 is 0 Å². The Hall–Kier alpha value is -4.34. The lowest BCUT2D eigenvalue weighted by atomic mass is 10.0. The fourth-order valence-corrected chi connectivity index (χ4v) is 4.10. The number of nitrogens with one attached hydrogen (secondary N) is 1. The van der Waals surface area contributed by atoms with Crippen molar-refractivity contribution in [3.8, 4) is 16.8 Å². The summed E-state index contributed by atoms with van der Waals surface area (Å²) in [5.74, 6) is 0.795. The molecule has 1 N–H and O–H groups in total. The lowest BCUT2D eigenvalue weighted by Gasteiger charge is -2.12. The predicted molar refractivity (Wildman–Crippen MR) is 128 cm³/mol. The van der Waals surface area contributed by atoms with Crippen molar-refractivity contribution in [3.63, 3.8) is 0 Å². The highest BCUT2D eigenvalue weighted by Crippen LogP contribution is 2.26. The van der Waals surface area contributed by atoms with Gasteiger partial charge in [-0.3, -0.25) is 14.3 Å². The lowest BCUT2D eigenvalue weighted by Crippen LogP contribution is -2.33. The predicted octanol–water partition coefficient (Wildman–Crippen LogP) is 2.46. The number of unbranched alkanes of at least 4 members (excludes halogenated alkanes) is 1. The summed E-state index contributed by atoms with van der Waals surface area (Å²) >= 11 is 0. The van der Waals surface area contributed by atoms with E-state index in [1.807, 2.05) is 53.1 Å². The van der Waals surface area contributed by atoms with Crippen LogP contribution in [0.1, 0.15) is 31.2 Å². The van der Waals surface area contributed by atoms with Crippen LogP contribution in [-0.4, -0.2) is 39.3 Å². The Bertz CT molecular complexity index is 1560. The van der Waals surface area contributed by atoms with Crippen LogP contribution in [0.5, 0.6) is 0 Å². The molecule has 5 aromatic rings. The molecule has 3 aromatic heterocycles. The molecule has 0 saturated heterocycles. The Morgan fingerprint density at radius 3 is 2.56 bits per heavy atom. The smallest absolute Gasteiger partial charge is 0.318 e. The number of aryl methyl sites for hydroxylation is 1. The number of hydrogen-bond acceptors (Lipinski definition) is 6. The van der Waals surface area contributed by atoms with E-state index in [0.29, 0.717) is 17.7 Å². The number of imidazole rings is 1. The second kappa shape index (κ2) is 8.89. The molecule has 5 rings (SSSR count). The van der Waals surface area contributed by atoms with Crippen molar-refractivity contribution in [2.24, 2.45) is 7.05 Å². The summed E-state index contributed by atoms with van der Waals surface area (Å²) in [6, 6.07) is 16.1. The first-order valence-corrected chi connectivity index (χ1v) is 11.2. The molecule has 0 bridgehead atoms. The van der Waals surface area contributed by atoms with E-state index in [4.69, 9.17) is 0 Å². The van der Waals surface area contributed by atoms with Crippen LogP contribution in [-0.2, 0) is 20.0 Å². The van der Waals surface area contributed by atoms with Crippen molar-refractivity contribution in [1.29, 1.82) is 0 Å². The summed E-state index contributed by atoms with van der Waals surface area (Å²) in [6.45, 7) is 2.59. The number of hydrogen-bond donors (Lipinski definition) is 1. The molecule has 2 aromatic carbocycles. The molecule has 0 aliphatic heterocycles. The van der Waals surface area contributed by atoms with E-state index >= 15 is 0 Å². The molecule has 172 valence electrons. The molecule has 0 atom stereocenters. The zero-order valence-electron chi connectivity index (χ0n) is 19.0. The summed E-state index contributed by atoms with van der Waals surface area (Å²) in [5.41, 5.74) is 3.88. The zero-order chi connectivity index (χ0) is 23.7. The number of rotatable bonds is 7. The molecular formula is C24H24N8O2. The van der Waals surface area contributed by atoms with E-state index in [2.05, 4.69) is 32.4 Å². The molecular weight excluding hydrogens is 432 g/mol. The third-order valence-corrected chi connectivity index (χ3v) is 5.94. The second-order valence-electron chi connectivity index (χ2n) is 8.18. The van der Waals surface area contributed by atoms with Gasteiger partial charge in [0.2, 0.25) is 0 Å². The van der Waals surface area contributed by atoms with Gasteiger partial charge in [-0.25, -0.2) is 9.78 Å². The number of H-pyrrole nitrogens is 1. The third kappa shape index (κ3) is 3.83. The molecule has 3 heterocycles. The molecule has 0 unspecified atom stereocenters.